The Hall–Kier alpha value is -0.890. The summed E-state index contributed by atoms with van der Waals surface area (Å²) in [6.07, 6.45) is 4.35. The van der Waals surface area contributed by atoms with Gasteiger partial charge < -0.3 is 0 Å². The Balaban J connectivity index is 2.00. The maximum atomic E-state index is 5.74. The summed E-state index contributed by atoms with van der Waals surface area (Å²) in [7, 11) is 0. The third kappa shape index (κ3) is 1.09. The molecule has 1 aliphatic heterocycles. The zero-order valence-corrected chi connectivity index (χ0v) is 7.88. The molecule has 1 aromatic rings. The molecule has 1 aromatic heterocycles. The Morgan fingerprint density at radius 1 is 1.31 bits per heavy atom. The summed E-state index contributed by atoms with van der Waals surface area (Å²) in [5.74, 6) is 0. The number of hydrogen-bond donors (Lipinski definition) is 0. The minimum atomic E-state index is 0.275. The standard InChI is InChI=1S/C10H9ClN2/c11-9-2-1-7(5-13-9)10(3-4-10)8-6-12-8/h1-2,5H,3-4,6H2. The Kier molecular flexibility index (Phi) is 1.34. The van der Waals surface area contributed by atoms with E-state index in [4.69, 9.17) is 11.6 Å². The lowest BCUT2D eigenvalue weighted by Crippen LogP contribution is -2.13. The van der Waals surface area contributed by atoms with Crippen molar-refractivity contribution in [3.8, 4) is 0 Å². The van der Waals surface area contributed by atoms with Crippen LogP contribution in [0, 0.1) is 0 Å². The largest absolute Gasteiger partial charge is 0.285 e. The molecule has 0 aromatic carbocycles. The van der Waals surface area contributed by atoms with Gasteiger partial charge in [-0.25, -0.2) is 4.98 Å². The fourth-order valence-electron chi connectivity index (χ4n) is 1.87. The number of nitrogens with zero attached hydrogens (tertiary/aromatic N) is 2. The van der Waals surface area contributed by atoms with Crippen molar-refractivity contribution < 1.29 is 0 Å². The minimum absolute atomic E-state index is 0.275. The normalized spacial score (nSPS) is 22.4. The topological polar surface area (TPSA) is 25.2 Å². The Morgan fingerprint density at radius 3 is 2.54 bits per heavy atom. The summed E-state index contributed by atoms with van der Waals surface area (Å²) < 4.78 is 0. The SMILES string of the molecule is Clc1ccc(C2(C3=NC3)CC2)cn1. The Morgan fingerprint density at radius 2 is 2.08 bits per heavy atom. The Bertz CT molecular complexity index is 376. The minimum Gasteiger partial charge on any atom is -0.285 e. The van der Waals surface area contributed by atoms with Gasteiger partial charge in [0.05, 0.1) is 6.54 Å². The van der Waals surface area contributed by atoms with Crippen LogP contribution in [-0.2, 0) is 5.41 Å². The summed E-state index contributed by atoms with van der Waals surface area (Å²) in [4.78, 5) is 8.40. The van der Waals surface area contributed by atoms with Crippen molar-refractivity contribution in [1.29, 1.82) is 0 Å². The van der Waals surface area contributed by atoms with Gasteiger partial charge in [-0.3, -0.25) is 4.99 Å². The summed E-state index contributed by atoms with van der Waals surface area (Å²) >= 11 is 5.74. The zero-order chi connectivity index (χ0) is 8.89. The lowest BCUT2D eigenvalue weighted by Gasteiger charge is -2.08. The van der Waals surface area contributed by atoms with E-state index in [9.17, 15) is 0 Å². The van der Waals surface area contributed by atoms with E-state index in [2.05, 4.69) is 16.0 Å². The van der Waals surface area contributed by atoms with E-state index in [0.29, 0.717) is 5.15 Å². The second-order valence-corrected chi connectivity index (χ2v) is 4.10. The molecule has 0 saturated heterocycles. The molecule has 1 aliphatic carbocycles. The van der Waals surface area contributed by atoms with Gasteiger partial charge >= 0.3 is 0 Å². The van der Waals surface area contributed by atoms with E-state index in [1.807, 2.05) is 12.3 Å². The molecule has 0 radical (unpaired) electrons. The van der Waals surface area contributed by atoms with E-state index in [1.54, 1.807) is 0 Å². The maximum absolute atomic E-state index is 5.74. The van der Waals surface area contributed by atoms with Crippen LogP contribution in [0.2, 0.25) is 5.15 Å². The van der Waals surface area contributed by atoms with Crippen LogP contribution < -0.4 is 0 Å². The molecule has 0 spiro atoms. The highest BCUT2D eigenvalue weighted by Gasteiger charge is 2.51. The van der Waals surface area contributed by atoms with Crippen LogP contribution in [0.1, 0.15) is 18.4 Å². The second-order valence-electron chi connectivity index (χ2n) is 3.71. The van der Waals surface area contributed by atoms with E-state index in [0.717, 1.165) is 6.54 Å². The van der Waals surface area contributed by atoms with Gasteiger partial charge in [0.25, 0.3) is 0 Å². The average Bonchev–Trinajstić information content (AvgIpc) is 3.00. The predicted octanol–water partition coefficient (Wildman–Crippen LogP) is 2.22. The van der Waals surface area contributed by atoms with Crippen LogP contribution >= 0.6 is 11.6 Å². The summed E-state index contributed by atoms with van der Waals surface area (Å²) in [6, 6.07) is 3.93. The van der Waals surface area contributed by atoms with Crippen LogP contribution in [0.25, 0.3) is 0 Å². The highest BCUT2D eigenvalue weighted by Crippen LogP contribution is 2.51. The third-order valence-electron chi connectivity index (χ3n) is 2.90. The molecular formula is C10H9ClN2. The number of aliphatic imine (C=N–C) groups is 1. The first-order chi connectivity index (χ1) is 6.31. The fraction of sp³-hybridized carbons (Fsp3) is 0.400. The molecule has 3 rings (SSSR count). The number of hydrogen-bond acceptors (Lipinski definition) is 2. The van der Waals surface area contributed by atoms with E-state index in [1.165, 1.54) is 24.1 Å². The van der Waals surface area contributed by atoms with Gasteiger partial charge in [0.1, 0.15) is 5.15 Å². The quantitative estimate of drug-likeness (QED) is 0.660. The summed E-state index contributed by atoms with van der Waals surface area (Å²) in [5.41, 5.74) is 2.92. The molecule has 1 saturated carbocycles. The Labute approximate surface area is 81.7 Å². The van der Waals surface area contributed by atoms with E-state index in [-0.39, 0.29) is 5.41 Å². The third-order valence-corrected chi connectivity index (χ3v) is 3.12. The molecule has 13 heavy (non-hydrogen) atoms. The zero-order valence-electron chi connectivity index (χ0n) is 7.13. The van der Waals surface area contributed by atoms with Crippen LogP contribution in [0.3, 0.4) is 0 Å². The summed E-state index contributed by atoms with van der Waals surface area (Å²) in [5, 5.41) is 0.567. The second kappa shape index (κ2) is 2.32. The molecule has 0 N–H and O–H groups in total. The number of pyridine rings is 1. The van der Waals surface area contributed by atoms with Crippen LogP contribution in [0.15, 0.2) is 23.3 Å². The number of halogens is 1. The highest BCUT2D eigenvalue weighted by molar-refractivity contribution is 6.29. The first-order valence-corrected chi connectivity index (χ1v) is 4.85. The first kappa shape index (κ1) is 7.51. The maximum Gasteiger partial charge on any atom is 0.129 e. The van der Waals surface area contributed by atoms with Crippen molar-refractivity contribution in [3.05, 3.63) is 29.0 Å². The lowest BCUT2D eigenvalue weighted by molar-refractivity contribution is 0.952. The molecule has 1 fully saturated rings. The van der Waals surface area contributed by atoms with Gasteiger partial charge in [-0.1, -0.05) is 17.7 Å². The lowest BCUT2D eigenvalue weighted by atomic mass is 9.95. The monoisotopic (exact) mass is 192 g/mol. The number of aromatic nitrogens is 1. The average molecular weight is 193 g/mol. The van der Waals surface area contributed by atoms with Gasteiger partial charge in [-0.2, -0.15) is 0 Å². The van der Waals surface area contributed by atoms with Crippen LogP contribution in [-0.4, -0.2) is 17.2 Å². The smallest absolute Gasteiger partial charge is 0.129 e. The first-order valence-electron chi connectivity index (χ1n) is 4.47. The molecule has 2 aliphatic rings. The van der Waals surface area contributed by atoms with Gasteiger partial charge in [0.2, 0.25) is 0 Å². The van der Waals surface area contributed by atoms with Crippen molar-refractivity contribution in [3.63, 3.8) is 0 Å². The summed E-state index contributed by atoms with van der Waals surface area (Å²) in [6.45, 7) is 0.961. The van der Waals surface area contributed by atoms with Crippen molar-refractivity contribution in [1.82, 2.24) is 4.98 Å². The highest BCUT2D eigenvalue weighted by atomic mass is 35.5. The van der Waals surface area contributed by atoms with Gasteiger partial charge in [0, 0.05) is 17.3 Å². The molecular weight excluding hydrogens is 184 g/mol. The molecule has 66 valence electrons. The molecule has 0 bridgehead atoms. The van der Waals surface area contributed by atoms with Crippen molar-refractivity contribution in [2.24, 2.45) is 4.99 Å². The van der Waals surface area contributed by atoms with E-state index < -0.39 is 0 Å². The molecule has 3 heteroatoms. The molecule has 0 atom stereocenters. The number of rotatable bonds is 2. The van der Waals surface area contributed by atoms with E-state index >= 15 is 0 Å². The van der Waals surface area contributed by atoms with Crippen molar-refractivity contribution in [2.45, 2.75) is 18.3 Å². The predicted molar refractivity (Wildman–Crippen MR) is 52.5 cm³/mol. The van der Waals surface area contributed by atoms with Crippen molar-refractivity contribution >= 4 is 17.3 Å². The fourth-order valence-corrected chi connectivity index (χ4v) is 1.98. The van der Waals surface area contributed by atoms with Gasteiger partial charge in [-0.05, 0) is 24.5 Å². The molecule has 0 unspecified atom stereocenters. The van der Waals surface area contributed by atoms with Crippen LogP contribution in [0.4, 0.5) is 0 Å². The van der Waals surface area contributed by atoms with Crippen molar-refractivity contribution in [2.75, 3.05) is 6.54 Å². The van der Waals surface area contributed by atoms with Crippen LogP contribution in [0.5, 0.6) is 0 Å². The van der Waals surface area contributed by atoms with Gasteiger partial charge in [0.15, 0.2) is 0 Å². The molecule has 2 heterocycles. The van der Waals surface area contributed by atoms with Gasteiger partial charge in [-0.15, -0.1) is 0 Å². The molecule has 0 amide bonds. The molecule has 2 nitrogen and oxygen atoms in total.